The van der Waals surface area contributed by atoms with Gasteiger partial charge in [0.25, 0.3) is 5.91 Å². The van der Waals surface area contributed by atoms with E-state index in [2.05, 4.69) is 29.6 Å². The Balaban J connectivity index is 1.34. The van der Waals surface area contributed by atoms with Crippen LogP contribution in [0, 0.1) is 0 Å². The highest BCUT2D eigenvalue weighted by atomic mass is 16.5. The van der Waals surface area contributed by atoms with Gasteiger partial charge in [0.2, 0.25) is 0 Å². The van der Waals surface area contributed by atoms with E-state index >= 15 is 0 Å². The monoisotopic (exact) mass is 472 g/mol. The van der Waals surface area contributed by atoms with Gasteiger partial charge in [-0.05, 0) is 53.3 Å². The molecular formula is C28H28N2O5. The largest absolute Gasteiger partial charge is 0.481 e. The number of hydrogen-bond donors (Lipinski definition) is 2. The van der Waals surface area contributed by atoms with Gasteiger partial charge in [0.15, 0.2) is 0 Å². The molecule has 1 aliphatic carbocycles. The van der Waals surface area contributed by atoms with Gasteiger partial charge in [0, 0.05) is 37.2 Å². The van der Waals surface area contributed by atoms with Crippen LogP contribution < -0.4 is 5.32 Å². The Labute approximate surface area is 204 Å². The number of anilines is 1. The van der Waals surface area contributed by atoms with Gasteiger partial charge in [-0.1, -0.05) is 54.6 Å². The molecule has 180 valence electrons. The fourth-order valence-electron chi connectivity index (χ4n) is 4.43. The topological polar surface area (TPSA) is 95.9 Å². The molecule has 0 aliphatic heterocycles. The minimum absolute atomic E-state index is 0.0316. The van der Waals surface area contributed by atoms with Crippen LogP contribution in [-0.4, -0.2) is 48.2 Å². The molecule has 3 aromatic carbocycles. The van der Waals surface area contributed by atoms with Crippen molar-refractivity contribution in [1.29, 1.82) is 0 Å². The lowest BCUT2D eigenvalue weighted by molar-refractivity contribution is -0.137. The maximum atomic E-state index is 12.7. The standard InChI is InChI=1S/C28H28N2O5/c1-30(16-7-6-15-26(31)32)27(33)19-9-8-10-20(17-19)29-28(34)35-18-25-23-13-4-2-11-21(23)22-12-3-5-14-24(22)25/h2-5,8-14,17,25H,6-7,15-16,18H2,1H3,(H,29,34)(H,31,32). The van der Waals surface area contributed by atoms with Crippen molar-refractivity contribution in [3.63, 3.8) is 0 Å². The predicted octanol–water partition coefficient (Wildman–Crippen LogP) is 5.37. The van der Waals surface area contributed by atoms with Crippen molar-refractivity contribution >= 4 is 23.7 Å². The maximum absolute atomic E-state index is 12.7. The number of hydrogen-bond acceptors (Lipinski definition) is 4. The second-order valence-electron chi connectivity index (χ2n) is 8.61. The predicted molar refractivity (Wildman–Crippen MR) is 134 cm³/mol. The summed E-state index contributed by atoms with van der Waals surface area (Å²) in [5.74, 6) is -1.07. The number of carbonyl (C=O) groups is 3. The number of nitrogens with zero attached hydrogens (tertiary/aromatic N) is 1. The number of carboxylic acid groups (broad SMARTS) is 1. The number of carbonyl (C=O) groups excluding carboxylic acids is 2. The highest BCUT2D eigenvalue weighted by Crippen LogP contribution is 2.44. The Bertz CT molecular complexity index is 1190. The van der Waals surface area contributed by atoms with Crippen molar-refractivity contribution < 1.29 is 24.2 Å². The first-order valence-electron chi connectivity index (χ1n) is 11.6. The Morgan fingerprint density at radius 2 is 1.57 bits per heavy atom. The molecule has 0 fully saturated rings. The molecule has 0 radical (unpaired) electrons. The van der Waals surface area contributed by atoms with Gasteiger partial charge < -0.3 is 14.7 Å². The van der Waals surface area contributed by atoms with E-state index in [-0.39, 0.29) is 24.9 Å². The second-order valence-corrected chi connectivity index (χ2v) is 8.61. The summed E-state index contributed by atoms with van der Waals surface area (Å²) in [5.41, 5.74) is 5.50. The number of ether oxygens (including phenoxy) is 1. The van der Waals surface area contributed by atoms with Crippen molar-refractivity contribution in [1.82, 2.24) is 4.90 Å². The number of aliphatic carboxylic acids is 1. The molecule has 2 N–H and O–H groups in total. The smallest absolute Gasteiger partial charge is 0.411 e. The van der Waals surface area contributed by atoms with E-state index in [1.54, 1.807) is 36.2 Å². The second kappa shape index (κ2) is 10.9. The Kier molecular flexibility index (Phi) is 7.45. The third kappa shape index (κ3) is 5.69. The molecule has 0 spiro atoms. The molecule has 0 unspecified atom stereocenters. The maximum Gasteiger partial charge on any atom is 0.411 e. The first-order valence-corrected chi connectivity index (χ1v) is 11.6. The first kappa shape index (κ1) is 24.0. The lowest BCUT2D eigenvalue weighted by Gasteiger charge is -2.18. The van der Waals surface area contributed by atoms with E-state index in [9.17, 15) is 14.4 Å². The highest BCUT2D eigenvalue weighted by Gasteiger charge is 2.29. The summed E-state index contributed by atoms with van der Waals surface area (Å²) < 4.78 is 5.58. The lowest BCUT2D eigenvalue weighted by atomic mass is 9.98. The van der Waals surface area contributed by atoms with Gasteiger partial charge in [0.1, 0.15) is 6.61 Å². The summed E-state index contributed by atoms with van der Waals surface area (Å²) in [6.07, 6.45) is 0.614. The van der Waals surface area contributed by atoms with Crippen molar-refractivity contribution in [2.75, 3.05) is 25.5 Å². The Morgan fingerprint density at radius 3 is 2.23 bits per heavy atom. The van der Waals surface area contributed by atoms with Gasteiger partial charge in [-0.15, -0.1) is 0 Å². The summed E-state index contributed by atoms with van der Waals surface area (Å²) in [6.45, 7) is 0.660. The number of amides is 2. The number of unbranched alkanes of at least 4 members (excludes halogenated alkanes) is 1. The van der Waals surface area contributed by atoms with Crippen LogP contribution in [0.5, 0.6) is 0 Å². The molecule has 0 aromatic heterocycles. The molecule has 4 rings (SSSR count). The van der Waals surface area contributed by atoms with E-state index in [4.69, 9.17) is 9.84 Å². The van der Waals surface area contributed by atoms with Gasteiger partial charge in [-0.3, -0.25) is 14.9 Å². The summed E-state index contributed by atoms with van der Waals surface area (Å²) in [6, 6.07) is 23.0. The van der Waals surface area contributed by atoms with Crippen LogP contribution >= 0.6 is 0 Å². The van der Waals surface area contributed by atoms with Crippen LogP contribution in [0.15, 0.2) is 72.8 Å². The number of rotatable bonds is 9. The fourth-order valence-corrected chi connectivity index (χ4v) is 4.43. The molecular weight excluding hydrogens is 444 g/mol. The molecule has 0 heterocycles. The molecule has 0 saturated heterocycles. The molecule has 35 heavy (non-hydrogen) atoms. The van der Waals surface area contributed by atoms with Crippen LogP contribution in [0.4, 0.5) is 10.5 Å². The Morgan fingerprint density at radius 1 is 0.914 bits per heavy atom. The quantitative estimate of drug-likeness (QED) is 0.408. The van der Waals surface area contributed by atoms with Gasteiger partial charge in [0.05, 0.1) is 0 Å². The van der Waals surface area contributed by atoms with E-state index in [0.717, 1.165) is 22.3 Å². The molecule has 0 bridgehead atoms. The molecule has 0 saturated carbocycles. The van der Waals surface area contributed by atoms with Crippen LogP contribution in [0.3, 0.4) is 0 Å². The molecule has 3 aromatic rings. The molecule has 1 aliphatic rings. The van der Waals surface area contributed by atoms with Crippen LogP contribution in [-0.2, 0) is 9.53 Å². The van der Waals surface area contributed by atoms with Crippen molar-refractivity contribution in [2.45, 2.75) is 25.2 Å². The zero-order valence-electron chi connectivity index (χ0n) is 19.6. The summed E-state index contributed by atoms with van der Waals surface area (Å²) in [7, 11) is 1.68. The van der Waals surface area contributed by atoms with Gasteiger partial charge >= 0.3 is 12.1 Å². The zero-order chi connectivity index (χ0) is 24.8. The van der Waals surface area contributed by atoms with E-state index in [0.29, 0.717) is 30.6 Å². The third-order valence-corrected chi connectivity index (χ3v) is 6.18. The summed E-state index contributed by atoms with van der Waals surface area (Å²) in [4.78, 5) is 37.5. The van der Waals surface area contributed by atoms with Crippen LogP contribution in [0.1, 0.15) is 46.7 Å². The van der Waals surface area contributed by atoms with Crippen molar-refractivity contribution in [3.8, 4) is 11.1 Å². The average Bonchev–Trinajstić information content (AvgIpc) is 3.18. The number of nitrogens with one attached hydrogen (secondary N) is 1. The molecule has 2 amide bonds. The number of benzene rings is 3. The lowest BCUT2D eigenvalue weighted by Crippen LogP contribution is -2.28. The normalized spacial score (nSPS) is 11.9. The fraction of sp³-hybridized carbons (Fsp3) is 0.250. The summed E-state index contributed by atoms with van der Waals surface area (Å²) in [5, 5.41) is 11.4. The number of fused-ring (bicyclic) bond motifs is 3. The summed E-state index contributed by atoms with van der Waals surface area (Å²) >= 11 is 0. The van der Waals surface area contributed by atoms with E-state index in [1.165, 1.54) is 0 Å². The molecule has 7 nitrogen and oxygen atoms in total. The van der Waals surface area contributed by atoms with Crippen LogP contribution in [0.25, 0.3) is 11.1 Å². The zero-order valence-corrected chi connectivity index (χ0v) is 19.6. The van der Waals surface area contributed by atoms with E-state index in [1.807, 2.05) is 24.3 Å². The SMILES string of the molecule is CN(CCCCC(=O)O)C(=O)c1cccc(NC(=O)OCC2c3ccccc3-c3ccccc32)c1. The average molecular weight is 473 g/mol. The third-order valence-electron chi connectivity index (χ3n) is 6.18. The number of carboxylic acids is 1. The van der Waals surface area contributed by atoms with E-state index < -0.39 is 12.1 Å². The van der Waals surface area contributed by atoms with Crippen molar-refractivity contribution in [3.05, 3.63) is 89.5 Å². The minimum Gasteiger partial charge on any atom is -0.481 e. The molecule has 0 atom stereocenters. The Hall–Kier alpha value is -4.13. The highest BCUT2D eigenvalue weighted by molar-refractivity contribution is 5.96. The minimum atomic E-state index is -0.842. The van der Waals surface area contributed by atoms with Crippen molar-refractivity contribution in [2.24, 2.45) is 0 Å². The van der Waals surface area contributed by atoms with Gasteiger partial charge in [-0.2, -0.15) is 0 Å². The first-order chi connectivity index (χ1) is 16.9. The van der Waals surface area contributed by atoms with Crippen LogP contribution in [0.2, 0.25) is 0 Å². The van der Waals surface area contributed by atoms with Gasteiger partial charge in [-0.25, -0.2) is 4.79 Å². The molecule has 7 heteroatoms.